The highest BCUT2D eigenvalue weighted by Gasteiger charge is 2.47. The van der Waals surface area contributed by atoms with E-state index in [9.17, 15) is 9.59 Å². The van der Waals surface area contributed by atoms with Gasteiger partial charge in [-0.25, -0.2) is 0 Å². The minimum atomic E-state index is -0.650. The maximum Gasteiger partial charge on any atom is 0.275 e. The molecule has 0 bridgehead atoms. The number of aliphatic imine (C=N–C) groups is 1. The maximum absolute atomic E-state index is 13.5. The Morgan fingerprint density at radius 3 is 2.44 bits per heavy atom. The molecule has 2 aromatic rings. The van der Waals surface area contributed by atoms with E-state index in [2.05, 4.69) is 5.32 Å². The molecule has 1 N–H and O–H groups in total. The van der Waals surface area contributed by atoms with E-state index in [4.69, 9.17) is 21.3 Å². The molecule has 0 radical (unpaired) electrons. The van der Waals surface area contributed by atoms with Gasteiger partial charge in [-0.15, -0.1) is 0 Å². The van der Waals surface area contributed by atoms with Crippen LogP contribution in [-0.4, -0.2) is 41.7 Å². The molecule has 1 heterocycles. The summed E-state index contributed by atoms with van der Waals surface area (Å²) in [5.41, 5.74) is 2.28. The van der Waals surface area contributed by atoms with Crippen LogP contribution < -0.4 is 10.1 Å². The van der Waals surface area contributed by atoms with Crippen molar-refractivity contribution in [2.24, 2.45) is 4.99 Å². The van der Waals surface area contributed by atoms with Crippen LogP contribution in [-0.2, 0) is 9.59 Å². The fourth-order valence-electron chi connectivity index (χ4n) is 4.52. The number of hydrogen-bond donors (Lipinski definition) is 1. The van der Waals surface area contributed by atoms with Gasteiger partial charge in [-0.2, -0.15) is 0 Å². The van der Waals surface area contributed by atoms with Crippen LogP contribution in [0.15, 0.2) is 47.5 Å². The van der Waals surface area contributed by atoms with E-state index in [0.717, 1.165) is 49.7 Å². The zero-order chi connectivity index (χ0) is 22.7. The summed E-state index contributed by atoms with van der Waals surface area (Å²) in [7, 11) is 1.54. The Morgan fingerprint density at radius 1 is 1.12 bits per heavy atom. The molecule has 6 nitrogen and oxygen atoms in total. The molecule has 1 saturated carbocycles. The molecule has 1 spiro atoms. The fraction of sp³-hybridized carbons (Fsp3) is 0.400. The van der Waals surface area contributed by atoms with Crippen LogP contribution in [0.3, 0.4) is 0 Å². The van der Waals surface area contributed by atoms with Crippen LogP contribution in [0.4, 0.5) is 5.69 Å². The number of anilines is 1. The van der Waals surface area contributed by atoms with Gasteiger partial charge in [0.1, 0.15) is 23.7 Å². The molecule has 2 amide bonds. The van der Waals surface area contributed by atoms with E-state index in [1.54, 1.807) is 23.1 Å². The molecular weight excluding hydrogens is 426 g/mol. The van der Waals surface area contributed by atoms with Crippen LogP contribution in [0.25, 0.3) is 0 Å². The molecule has 1 aliphatic heterocycles. The van der Waals surface area contributed by atoms with E-state index in [-0.39, 0.29) is 18.4 Å². The number of halogens is 1. The van der Waals surface area contributed by atoms with Gasteiger partial charge < -0.3 is 15.0 Å². The van der Waals surface area contributed by atoms with Gasteiger partial charge in [-0.1, -0.05) is 54.3 Å². The first-order valence-corrected chi connectivity index (χ1v) is 11.4. The number of carbonyl (C=O) groups is 2. The van der Waals surface area contributed by atoms with E-state index in [1.165, 1.54) is 7.11 Å². The Labute approximate surface area is 193 Å². The monoisotopic (exact) mass is 453 g/mol. The Bertz CT molecular complexity index is 1040. The average molecular weight is 454 g/mol. The summed E-state index contributed by atoms with van der Waals surface area (Å²) in [5.74, 6) is 0.0789. The molecule has 0 atom stereocenters. The first kappa shape index (κ1) is 22.3. The van der Waals surface area contributed by atoms with Gasteiger partial charge >= 0.3 is 0 Å². The number of amides is 2. The van der Waals surface area contributed by atoms with Gasteiger partial charge in [0, 0.05) is 11.3 Å². The third-order valence-electron chi connectivity index (χ3n) is 6.24. The largest absolute Gasteiger partial charge is 0.495 e. The number of aryl methyl sites for hydroxylation is 1. The highest BCUT2D eigenvalue weighted by molar-refractivity contribution is 6.47. The van der Waals surface area contributed by atoms with Crippen molar-refractivity contribution in [2.75, 3.05) is 19.0 Å². The molecule has 168 valence electrons. The van der Waals surface area contributed by atoms with Crippen LogP contribution in [0, 0.1) is 6.92 Å². The van der Waals surface area contributed by atoms with E-state index >= 15 is 0 Å². The molecular formula is C25H28ClN3O3. The highest BCUT2D eigenvalue weighted by Crippen LogP contribution is 2.38. The van der Waals surface area contributed by atoms with Crippen LogP contribution in [0.5, 0.6) is 5.75 Å². The number of rotatable bonds is 5. The van der Waals surface area contributed by atoms with E-state index < -0.39 is 5.66 Å². The van der Waals surface area contributed by atoms with Crippen LogP contribution in [0.1, 0.15) is 49.7 Å². The number of ether oxygens (including phenoxy) is 1. The molecule has 2 aliphatic rings. The van der Waals surface area contributed by atoms with Gasteiger partial charge in [-0.3, -0.25) is 14.6 Å². The SMILES string of the molecule is COc1ccc(NC(=O)CN2C(=O)C(c3ccc(C)cc3)=NC23CCCCCC3)cc1Cl. The summed E-state index contributed by atoms with van der Waals surface area (Å²) in [6.45, 7) is 1.96. The second-order valence-corrected chi connectivity index (χ2v) is 8.92. The summed E-state index contributed by atoms with van der Waals surface area (Å²) >= 11 is 6.18. The van der Waals surface area contributed by atoms with Crippen molar-refractivity contribution in [2.45, 2.75) is 51.1 Å². The number of nitrogens with one attached hydrogen (secondary N) is 1. The first-order valence-electron chi connectivity index (χ1n) is 11.0. The topological polar surface area (TPSA) is 71.0 Å². The Morgan fingerprint density at radius 2 is 1.81 bits per heavy atom. The molecule has 0 saturated heterocycles. The van der Waals surface area contributed by atoms with Gasteiger partial charge in [0.25, 0.3) is 5.91 Å². The number of hydrogen-bond acceptors (Lipinski definition) is 4. The normalized spacial score (nSPS) is 17.8. The van der Waals surface area contributed by atoms with Crippen molar-refractivity contribution in [3.05, 3.63) is 58.6 Å². The molecule has 1 fully saturated rings. The molecule has 0 aromatic heterocycles. The summed E-state index contributed by atoms with van der Waals surface area (Å²) in [6, 6.07) is 12.9. The average Bonchev–Trinajstić information content (AvgIpc) is 2.92. The van der Waals surface area contributed by atoms with Crippen LogP contribution in [0.2, 0.25) is 5.02 Å². The molecule has 32 heavy (non-hydrogen) atoms. The van der Waals surface area contributed by atoms with Crippen molar-refractivity contribution in [1.29, 1.82) is 0 Å². The number of nitrogens with zero attached hydrogens (tertiary/aromatic N) is 2. The molecule has 7 heteroatoms. The molecule has 4 rings (SSSR count). The predicted octanol–water partition coefficient (Wildman–Crippen LogP) is 4.98. The quantitative estimate of drug-likeness (QED) is 0.694. The second kappa shape index (κ2) is 9.33. The lowest BCUT2D eigenvalue weighted by molar-refractivity contribution is -0.133. The van der Waals surface area contributed by atoms with E-state index in [0.29, 0.717) is 22.2 Å². The number of benzene rings is 2. The van der Waals surface area contributed by atoms with Gasteiger partial charge in [0.2, 0.25) is 5.91 Å². The lowest BCUT2D eigenvalue weighted by Crippen LogP contribution is -2.50. The smallest absolute Gasteiger partial charge is 0.275 e. The zero-order valence-corrected chi connectivity index (χ0v) is 19.2. The van der Waals surface area contributed by atoms with Crippen molar-refractivity contribution >= 4 is 34.8 Å². The first-order chi connectivity index (χ1) is 15.4. The predicted molar refractivity (Wildman–Crippen MR) is 126 cm³/mol. The lowest BCUT2D eigenvalue weighted by Gasteiger charge is -2.35. The Balaban J connectivity index is 1.58. The Hall–Kier alpha value is -2.86. The standard InChI is InChI=1S/C25H28ClN3O3/c1-17-7-9-18(10-8-17)23-24(31)29(25(28-23)13-5-3-4-6-14-25)16-22(30)27-19-11-12-21(32-2)20(26)15-19/h7-12,15H,3-6,13-14,16H2,1-2H3,(H,27,30). The van der Waals surface area contributed by atoms with Crippen molar-refractivity contribution in [3.8, 4) is 5.75 Å². The lowest BCUT2D eigenvalue weighted by atomic mass is 10.00. The van der Waals surface area contributed by atoms with E-state index in [1.807, 2.05) is 31.2 Å². The summed E-state index contributed by atoms with van der Waals surface area (Å²) < 4.78 is 5.16. The summed E-state index contributed by atoms with van der Waals surface area (Å²) in [5, 5.41) is 3.27. The van der Waals surface area contributed by atoms with Crippen molar-refractivity contribution in [1.82, 2.24) is 4.90 Å². The summed E-state index contributed by atoms with van der Waals surface area (Å²) in [6.07, 6.45) is 5.77. The van der Waals surface area contributed by atoms with Gasteiger partial charge in [0.05, 0.1) is 12.1 Å². The van der Waals surface area contributed by atoms with Gasteiger partial charge in [-0.05, 0) is 50.8 Å². The maximum atomic E-state index is 13.5. The third-order valence-corrected chi connectivity index (χ3v) is 6.53. The second-order valence-electron chi connectivity index (χ2n) is 8.51. The molecule has 0 unspecified atom stereocenters. The number of methoxy groups -OCH3 is 1. The van der Waals surface area contributed by atoms with Crippen LogP contribution >= 0.6 is 11.6 Å². The number of carbonyl (C=O) groups excluding carboxylic acids is 2. The Kier molecular flexibility index (Phi) is 6.51. The van der Waals surface area contributed by atoms with Crippen molar-refractivity contribution < 1.29 is 14.3 Å². The fourth-order valence-corrected chi connectivity index (χ4v) is 4.77. The third kappa shape index (κ3) is 4.51. The zero-order valence-electron chi connectivity index (χ0n) is 18.5. The molecule has 2 aromatic carbocycles. The molecule has 1 aliphatic carbocycles. The minimum Gasteiger partial charge on any atom is -0.495 e. The minimum absolute atomic E-state index is 0.0542. The highest BCUT2D eigenvalue weighted by atomic mass is 35.5. The summed E-state index contributed by atoms with van der Waals surface area (Å²) in [4.78, 5) is 33.1. The van der Waals surface area contributed by atoms with Crippen molar-refractivity contribution in [3.63, 3.8) is 0 Å². The van der Waals surface area contributed by atoms with Gasteiger partial charge in [0.15, 0.2) is 0 Å².